The van der Waals surface area contributed by atoms with Gasteiger partial charge in [0, 0.05) is 25.3 Å². The van der Waals surface area contributed by atoms with E-state index in [2.05, 4.69) is 49.4 Å². The Balaban J connectivity index is 1.67. The van der Waals surface area contributed by atoms with E-state index in [1.807, 2.05) is 0 Å². The molecule has 0 bridgehead atoms. The summed E-state index contributed by atoms with van der Waals surface area (Å²) in [4.78, 5) is 13.8. The van der Waals surface area contributed by atoms with Crippen LogP contribution in [-0.4, -0.2) is 36.4 Å². The van der Waals surface area contributed by atoms with Crippen molar-refractivity contribution < 1.29 is 9.53 Å². The Morgan fingerprint density at radius 3 is 2.62 bits per heavy atom. The highest BCUT2D eigenvalue weighted by molar-refractivity contribution is 5.86. The number of carbonyl (C=O) groups is 1. The standard InChI is InChI=1S/C18H22N4O2/c1-24-18(23)15-9-10-17(21-20-15)19-13-14-7-3-4-8-16(14)22-11-5-2-6-12-22/h3-4,7-10H,2,5-6,11-13H2,1H3,(H,19,21). The summed E-state index contributed by atoms with van der Waals surface area (Å²) in [6.45, 7) is 2.90. The summed E-state index contributed by atoms with van der Waals surface area (Å²) < 4.78 is 4.62. The average Bonchev–Trinajstić information content (AvgIpc) is 2.67. The van der Waals surface area contributed by atoms with Crippen molar-refractivity contribution in [2.75, 3.05) is 30.4 Å². The highest BCUT2D eigenvalue weighted by Crippen LogP contribution is 2.24. The van der Waals surface area contributed by atoms with Gasteiger partial charge in [-0.3, -0.25) is 0 Å². The van der Waals surface area contributed by atoms with Gasteiger partial charge in [0.2, 0.25) is 0 Å². The molecule has 0 radical (unpaired) electrons. The number of methoxy groups -OCH3 is 1. The maximum Gasteiger partial charge on any atom is 0.358 e. The number of para-hydroxylation sites is 1. The van der Waals surface area contributed by atoms with E-state index in [1.165, 1.54) is 37.6 Å². The van der Waals surface area contributed by atoms with Crippen molar-refractivity contribution in [1.82, 2.24) is 10.2 Å². The second kappa shape index (κ2) is 7.77. The molecule has 1 saturated heterocycles. The number of hydrogen-bond acceptors (Lipinski definition) is 6. The molecular formula is C18H22N4O2. The van der Waals surface area contributed by atoms with Crippen LogP contribution in [0.5, 0.6) is 0 Å². The van der Waals surface area contributed by atoms with E-state index < -0.39 is 5.97 Å². The van der Waals surface area contributed by atoms with Crippen molar-refractivity contribution in [2.45, 2.75) is 25.8 Å². The molecule has 3 rings (SSSR count). The van der Waals surface area contributed by atoms with Crippen LogP contribution in [0.25, 0.3) is 0 Å². The molecule has 0 amide bonds. The third-order valence-electron chi connectivity index (χ3n) is 4.21. The summed E-state index contributed by atoms with van der Waals surface area (Å²) in [6.07, 6.45) is 3.82. The van der Waals surface area contributed by atoms with Gasteiger partial charge in [-0.15, -0.1) is 10.2 Å². The zero-order chi connectivity index (χ0) is 16.8. The summed E-state index contributed by atoms with van der Waals surface area (Å²) >= 11 is 0. The first-order valence-electron chi connectivity index (χ1n) is 8.26. The Labute approximate surface area is 141 Å². The van der Waals surface area contributed by atoms with E-state index in [-0.39, 0.29) is 5.69 Å². The minimum atomic E-state index is -0.482. The van der Waals surface area contributed by atoms with Crippen molar-refractivity contribution >= 4 is 17.5 Å². The monoisotopic (exact) mass is 326 g/mol. The number of carbonyl (C=O) groups excluding carboxylic acids is 1. The highest BCUT2D eigenvalue weighted by atomic mass is 16.5. The number of hydrogen-bond donors (Lipinski definition) is 1. The van der Waals surface area contributed by atoms with Crippen LogP contribution in [0.2, 0.25) is 0 Å². The Hall–Kier alpha value is -2.63. The number of aromatic nitrogens is 2. The predicted octanol–water partition coefficient (Wildman–Crippen LogP) is 2.87. The van der Waals surface area contributed by atoms with Crippen LogP contribution in [0.15, 0.2) is 36.4 Å². The smallest absolute Gasteiger partial charge is 0.358 e. The largest absolute Gasteiger partial charge is 0.464 e. The maximum atomic E-state index is 11.4. The lowest BCUT2D eigenvalue weighted by molar-refractivity contribution is 0.0593. The molecule has 2 aromatic rings. The molecule has 1 aromatic carbocycles. The van der Waals surface area contributed by atoms with Gasteiger partial charge >= 0.3 is 5.97 Å². The van der Waals surface area contributed by atoms with Gasteiger partial charge in [-0.05, 0) is 43.0 Å². The summed E-state index contributed by atoms with van der Waals surface area (Å²) in [5.74, 6) is 0.153. The van der Waals surface area contributed by atoms with Gasteiger partial charge in [-0.2, -0.15) is 0 Å². The van der Waals surface area contributed by atoms with Crippen LogP contribution in [0.3, 0.4) is 0 Å². The molecule has 0 aliphatic carbocycles. The van der Waals surface area contributed by atoms with E-state index in [0.29, 0.717) is 12.4 Å². The van der Waals surface area contributed by atoms with Crippen molar-refractivity contribution in [3.05, 3.63) is 47.7 Å². The van der Waals surface area contributed by atoms with Crippen LogP contribution >= 0.6 is 0 Å². The van der Waals surface area contributed by atoms with Crippen molar-refractivity contribution in [2.24, 2.45) is 0 Å². The van der Waals surface area contributed by atoms with Crippen molar-refractivity contribution in [3.63, 3.8) is 0 Å². The molecule has 1 fully saturated rings. The third kappa shape index (κ3) is 3.82. The number of piperidine rings is 1. The molecule has 6 heteroatoms. The Morgan fingerprint density at radius 1 is 1.12 bits per heavy atom. The second-order valence-electron chi connectivity index (χ2n) is 5.83. The molecule has 0 unspecified atom stereocenters. The van der Waals surface area contributed by atoms with Gasteiger partial charge in [-0.25, -0.2) is 4.79 Å². The quantitative estimate of drug-likeness (QED) is 0.852. The van der Waals surface area contributed by atoms with E-state index in [4.69, 9.17) is 0 Å². The molecule has 0 spiro atoms. The molecule has 0 saturated carbocycles. The lowest BCUT2D eigenvalue weighted by Gasteiger charge is -2.30. The fourth-order valence-corrected chi connectivity index (χ4v) is 2.93. The van der Waals surface area contributed by atoms with Gasteiger partial charge in [0.15, 0.2) is 5.69 Å². The van der Waals surface area contributed by atoms with Crippen LogP contribution in [0.4, 0.5) is 11.5 Å². The fraction of sp³-hybridized carbons (Fsp3) is 0.389. The Morgan fingerprint density at radius 2 is 1.92 bits per heavy atom. The number of ether oxygens (including phenoxy) is 1. The lowest BCUT2D eigenvalue weighted by Crippen LogP contribution is -2.30. The molecular weight excluding hydrogens is 304 g/mol. The molecule has 1 aliphatic rings. The predicted molar refractivity (Wildman–Crippen MR) is 93.2 cm³/mol. The van der Waals surface area contributed by atoms with Crippen molar-refractivity contribution in [3.8, 4) is 0 Å². The summed E-state index contributed by atoms with van der Waals surface area (Å²) in [6, 6.07) is 11.8. The van der Waals surface area contributed by atoms with Gasteiger partial charge in [0.05, 0.1) is 7.11 Å². The SMILES string of the molecule is COC(=O)c1ccc(NCc2ccccc2N2CCCCC2)nn1. The number of anilines is 2. The van der Waals surface area contributed by atoms with Crippen molar-refractivity contribution in [1.29, 1.82) is 0 Å². The third-order valence-corrected chi connectivity index (χ3v) is 4.21. The molecule has 1 aromatic heterocycles. The maximum absolute atomic E-state index is 11.4. The molecule has 6 nitrogen and oxygen atoms in total. The zero-order valence-electron chi connectivity index (χ0n) is 13.9. The van der Waals surface area contributed by atoms with E-state index in [9.17, 15) is 4.79 Å². The molecule has 1 N–H and O–H groups in total. The molecule has 2 heterocycles. The molecule has 0 atom stereocenters. The fourth-order valence-electron chi connectivity index (χ4n) is 2.93. The van der Waals surface area contributed by atoms with Gasteiger partial charge in [-0.1, -0.05) is 18.2 Å². The van der Waals surface area contributed by atoms with Gasteiger partial charge < -0.3 is 15.0 Å². The number of nitrogens with zero attached hydrogens (tertiary/aromatic N) is 3. The molecule has 24 heavy (non-hydrogen) atoms. The van der Waals surface area contributed by atoms with Crippen LogP contribution < -0.4 is 10.2 Å². The zero-order valence-corrected chi connectivity index (χ0v) is 13.9. The number of rotatable bonds is 5. The highest BCUT2D eigenvalue weighted by Gasteiger charge is 2.14. The van der Waals surface area contributed by atoms with Crippen LogP contribution in [-0.2, 0) is 11.3 Å². The van der Waals surface area contributed by atoms with Crippen LogP contribution in [0, 0.1) is 0 Å². The summed E-state index contributed by atoms with van der Waals surface area (Å²) in [5.41, 5.74) is 2.72. The van der Waals surface area contributed by atoms with E-state index in [0.717, 1.165) is 13.1 Å². The second-order valence-corrected chi connectivity index (χ2v) is 5.83. The first-order chi connectivity index (χ1) is 11.8. The number of benzene rings is 1. The van der Waals surface area contributed by atoms with E-state index >= 15 is 0 Å². The Bertz CT molecular complexity index is 682. The lowest BCUT2D eigenvalue weighted by atomic mass is 10.1. The minimum absolute atomic E-state index is 0.205. The minimum Gasteiger partial charge on any atom is -0.464 e. The van der Waals surface area contributed by atoms with E-state index in [1.54, 1.807) is 12.1 Å². The topological polar surface area (TPSA) is 67.3 Å². The van der Waals surface area contributed by atoms with Gasteiger partial charge in [0.25, 0.3) is 0 Å². The first kappa shape index (κ1) is 16.2. The number of esters is 1. The van der Waals surface area contributed by atoms with Crippen LogP contribution in [0.1, 0.15) is 35.3 Å². The number of nitrogens with one attached hydrogen (secondary N) is 1. The summed E-state index contributed by atoms with van der Waals surface area (Å²) in [5, 5.41) is 11.2. The Kier molecular flexibility index (Phi) is 5.25. The molecule has 126 valence electrons. The average molecular weight is 326 g/mol. The first-order valence-corrected chi connectivity index (χ1v) is 8.26. The summed E-state index contributed by atoms with van der Waals surface area (Å²) in [7, 11) is 1.33. The van der Waals surface area contributed by atoms with Gasteiger partial charge in [0.1, 0.15) is 5.82 Å². The normalized spacial score (nSPS) is 14.3. The molecule has 1 aliphatic heterocycles.